The van der Waals surface area contributed by atoms with Crippen molar-refractivity contribution in [2.24, 2.45) is 5.41 Å². The van der Waals surface area contributed by atoms with E-state index < -0.39 is 6.09 Å². The van der Waals surface area contributed by atoms with Crippen LogP contribution in [0.5, 0.6) is 0 Å². The second-order valence-electron chi connectivity index (χ2n) is 6.64. The van der Waals surface area contributed by atoms with Crippen molar-refractivity contribution in [1.82, 2.24) is 4.90 Å². The summed E-state index contributed by atoms with van der Waals surface area (Å²) in [5, 5.41) is 0. The molecule has 1 heterocycles. The zero-order valence-electron chi connectivity index (χ0n) is 13.6. The predicted octanol–water partition coefficient (Wildman–Crippen LogP) is 4.06. The number of amides is 2. The summed E-state index contributed by atoms with van der Waals surface area (Å²) in [6, 6.07) is 9.53. The Morgan fingerprint density at radius 2 is 2.04 bits per heavy atom. The highest BCUT2D eigenvalue weighted by Crippen LogP contribution is 2.43. The van der Waals surface area contributed by atoms with Crippen molar-refractivity contribution in [3.63, 3.8) is 0 Å². The molecule has 1 aliphatic heterocycles. The number of allylic oxidation sites excluding steroid dienone is 2. The number of benzene rings is 1. The maximum Gasteiger partial charge on any atom is 0.416 e. The van der Waals surface area contributed by atoms with Crippen LogP contribution in [-0.4, -0.2) is 23.4 Å². The standard InChI is InChI=1S/C19H23NO3/c1-15-8-11-19(12-9-15)10-5-13-20(17(19)21)18(22)23-14-16-6-3-2-4-7-16/h2-4,6-8H,5,9-14H2,1H3/t19-/m1/s1. The second kappa shape index (κ2) is 6.57. The summed E-state index contributed by atoms with van der Waals surface area (Å²) in [6.07, 6.45) is 5.91. The van der Waals surface area contributed by atoms with Crippen molar-refractivity contribution < 1.29 is 14.3 Å². The van der Waals surface area contributed by atoms with Gasteiger partial charge in [-0.15, -0.1) is 0 Å². The van der Waals surface area contributed by atoms with Crippen LogP contribution in [0.1, 0.15) is 44.6 Å². The molecule has 0 bridgehead atoms. The van der Waals surface area contributed by atoms with E-state index in [1.165, 1.54) is 10.5 Å². The molecule has 0 aromatic heterocycles. The number of carbonyl (C=O) groups excluding carboxylic acids is 2. The van der Waals surface area contributed by atoms with Crippen molar-refractivity contribution in [1.29, 1.82) is 0 Å². The molecule has 4 nitrogen and oxygen atoms in total. The number of piperidine rings is 1. The molecule has 3 rings (SSSR count). The van der Waals surface area contributed by atoms with Crippen molar-refractivity contribution in [3.8, 4) is 0 Å². The van der Waals surface area contributed by atoms with Crippen LogP contribution < -0.4 is 0 Å². The molecule has 23 heavy (non-hydrogen) atoms. The van der Waals surface area contributed by atoms with E-state index in [9.17, 15) is 9.59 Å². The fraction of sp³-hybridized carbons (Fsp3) is 0.474. The summed E-state index contributed by atoms with van der Waals surface area (Å²) < 4.78 is 5.34. The van der Waals surface area contributed by atoms with Gasteiger partial charge < -0.3 is 4.74 Å². The second-order valence-corrected chi connectivity index (χ2v) is 6.64. The first kappa shape index (κ1) is 15.8. The molecule has 0 N–H and O–H groups in total. The van der Waals surface area contributed by atoms with Gasteiger partial charge in [0, 0.05) is 6.54 Å². The highest BCUT2D eigenvalue weighted by atomic mass is 16.6. The first-order valence-corrected chi connectivity index (χ1v) is 8.29. The van der Waals surface area contributed by atoms with E-state index in [0.29, 0.717) is 6.54 Å². The van der Waals surface area contributed by atoms with Gasteiger partial charge in [0.2, 0.25) is 5.91 Å². The summed E-state index contributed by atoms with van der Waals surface area (Å²) >= 11 is 0. The molecule has 1 spiro atoms. The van der Waals surface area contributed by atoms with Crippen LogP contribution in [0.4, 0.5) is 4.79 Å². The van der Waals surface area contributed by atoms with Gasteiger partial charge in [-0.3, -0.25) is 4.79 Å². The van der Waals surface area contributed by atoms with E-state index in [2.05, 4.69) is 13.0 Å². The predicted molar refractivity (Wildman–Crippen MR) is 87.6 cm³/mol. The fourth-order valence-corrected chi connectivity index (χ4v) is 3.47. The minimum absolute atomic E-state index is 0.0504. The lowest BCUT2D eigenvalue weighted by molar-refractivity contribution is -0.145. The molecule has 4 heteroatoms. The number of hydrogen-bond donors (Lipinski definition) is 0. The summed E-state index contributed by atoms with van der Waals surface area (Å²) in [4.78, 5) is 26.5. The summed E-state index contributed by atoms with van der Waals surface area (Å²) in [5.74, 6) is -0.0504. The molecule has 1 fully saturated rings. The molecule has 122 valence electrons. The van der Waals surface area contributed by atoms with E-state index >= 15 is 0 Å². The fourth-order valence-electron chi connectivity index (χ4n) is 3.47. The molecule has 0 unspecified atom stereocenters. The molecule has 1 saturated heterocycles. The molecule has 1 atom stereocenters. The van der Waals surface area contributed by atoms with Crippen LogP contribution in [0.2, 0.25) is 0 Å². The zero-order chi connectivity index (χ0) is 16.3. The monoisotopic (exact) mass is 313 g/mol. The van der Waals surface area contributed by atoms with Crippen molar-refractivity contribution in [3.05, 3.63) is 47.5 Å². The Bertz CT molecular complexity index is 623. The minimum atomic E-state index is -0.510. The molecule has 2 amide bonds. The highest BCUT2D eigenvalue weighted by Gasteiger charge is 2.46. The number of ether oxygens (including phenoxy) is 1. The largest absolute Gasteiger partial charge is 0.444 e. The number of imide groups is 1. The minimum Gasteiger partial charge on any atom is -0.444 e. The van der Waals surface area contributed by atoms with Crippen molar-refractivity contribution >= 4 is 12.0 Å². The molecule has 0 saturated carbocycles. The Morgan fingerprint density at radius 3 is 2.74 bits per heavy atom. The lowest BCUT2D eigenvalue weighted by Gasteiger charge is -2.41. The molecule has 1 aliphatic carbocycles. The van der Waals surface area contributed by atoms with Gasteiger partial charge in [-0.05, 0) is 44.6 Å². The Morgan fingerprint density at radius 1 is 1.26 bits per heavy atom. The van der Waals surface area contributed by atoms with Crippen molar-refractivity contribution in [2.75, 3.05) is 6.54 Å². The molecule has 2 aliphatic rings. The topological polar surface area (TPSA) is 46.6 Å². The van der Waals surface area contributed by atoms with Gasteiger partial charge >= 0.3 is 6.09 Å². The lowest BCUT2D eigenvalue weighted by atomic mass is 9.69. The van der Waals surface area contributed by atoms with Crippen LogP contribution in [0.15, 0.2) is 42.0 Å². The Balaban J connectivity index is 1.65. The number of hydrogen-bond acceptors (Lipinski definition) is 3. The maximum atomic E-state index is 12.9. The molecule has 1 aromatic rings. The first-order valence-electron chi connectivity index (χ1n) is 8.29. The van der Waals surface area contributed by atoms with E-state index in [4.69, 9.17) is 4.74 Å². The third-order valence-electron chi connectivity index (χ3n) is 5.00. The van der Waals surface area contributed by atoms with Gasteiger partial charge in [0.25, 0.3) is 0 Å². The normalized spacial score (nSPS) is 24.5. The Kier molecular flexibility index (Phi) is 4.51. The summed E-state index contributed by atoms with van der Waals surface area (Å²) in [6.45, 7) is 2.78. The smallest absolute Gasteiger partial charge is 0.416 e. The van der Waals surface area contributed by atoms with Crippen LogP contribution in [-0.2, 0) is 16.1 Å². The first-order chi connectivity index (χ1) is 11.1. The number of likely N-dealkylation sites (tertiary alicyclic amines) is 1. The number of rotatable bonds is 2. The Labute approximate surface area is 137 Å². The third kappa shape index (κ3) is 3.31. The van der Waals surface area contributed by atoms with Gasteiger partial charge in [0.15, 0.2) is 0 Å². The van der Waals surface area contributed by atoms with Gasteiger partial charge in [-0.2, -0.15) is 0 Å². The summed E-state index contributed by atoms with van der Waals surface area (Å²) in [5.41, 5.74) is 1.88. The van der Waals surface area contributed by atoms with Gasteiger partial charge in [0.05, 0.1) is 5.41 Å². The number of carbonyl (C=O) groups is 2. The number of nitrogens with zero attached hydrogens (tertiary/aromatic N) is 1. The van der Waals surface area contributed by atoms with Crippen LogP contribution >= 0.6 is 0 Å². The van der Waals surface area contributed by atoms with Gasteiger partial charge in [-0.25, -0.2) is 9.69 Å². The average Bonchev–Trinajstić information content (AvgIpc) is 2.59. The maximum absolute atomic E-state index is 12.9. The Hall–Kier alpha value is -2.10. The quantitative estimate of drug-likeness (QED) is 0.773. The molecule has 1 aromatic carbocycles. The average molecular weight is 313 g/mol. The van der Waals surface area contributed by atoms with Gasteiger partial charge in [0.1, 0.15) is 6.61 Å². The van der Waals surface area contributed by atoms with E-state index in [1.807, 2.05) is 30.3 Å². The van der Waals surface area contributed by atoms with Crippen LogP contribution in [0, 0.1) is 5.41 Å². The van der Waals surface area contributed by atoms with Crippen LogP contribution in [0.25, 0.3) is 0 Å². The van der Waals surface area contributed by atoms with E-state index in [1.54, 1.807) is 0 Å². The molecular weight excluding hydrogens is 290 g/mol. The van der Waals surface area contributed by atoms with Gasteiger partial charge in [-0.1, -0.05) is 42.0 Å². The third-order valence-corrected chi connectivity index (χ3v) is 5.00. The molecule has 0 radical (unpaired) electrons. The SMILES string of the molecule is CC1=CC[C@]2(CCCN(C(=O)OCc3ccccc3)C2=O)CC1. The molecular formula is C19H23NO3. The zero-order valence-corrected chi connectivity index (χ0v) is 13.6. The lowest BCUT2D eigenvalue weighted by Crippen LogP contribution is -2.51. The highest BCUT2D eigenvalue weighted by molar-refractivity contribution is 5.96. The van der Waals surface area contributed by atoms with E-state index in [-0.39, 0.29) is 17.9 Å². The van der Waals surface area contributed by atoms with Crippen molar-refractivity contribution in [2.45, 2.75) is 45.6 Å². The summed E-state index contributed by atoms with van der Waals surface area (Å²) in [7, 11) is 0. The van der Waals surface area contributed by atoms with E-state index in [0.717, 1.165) is 37.7 Å². The van der Waals surface area contributed by atoms with Crippen LogP contribution in [0.3, 0.4) is 0 Å².